The maximum Gasteiger partial charge on any atom is 0.387 e. The largest absolute Gasteiger partial charge is 0.466 e. The van der Waals surface area contributed by atoms with Gasteiger partial charge in [-0.15, -0.1) is 0 Å². The summed E-state index contributed by atoms with van der Waals surface area (Å²) in [6.07, 6.45) is 0.0148. The molecule has 0 heterocycles. The summed E-state index contributed by atoms with van der Waals surface area (Å²) in [4.78, 5) is 11.7. The molecule has 0 fully saturated rings. The summed E-state index contributed by atoms with van der Waals surface area (Å²) >= 11 is 0. The van der Waals surface area contributed by atoms with Crippen LogP contribution in [0.15, 0.2) is 24.3 Å². The number of alkyl halides is 2. The van der Waals surface area contributed by atoms with Crippen molar-refractivity contribution >= 4 is 5.97 Å². The highest BCUT2D eigenvalue weighted by Gasteiger charge is 2.32. The van der Waals surface area contributed by atoms with Crippen LogP contribution in [-0.4, -0.2) is 26.2 Å². The van der Waals surface area contributed by atoms with E-state index < -0.39 is 18.1 Å². The number of rotatable bonds is 7. The molecule has 1 aromatic rings. The van der Waals surface area contributed by atoms with Gasteiger partial charge in [0.25, 0.3) is 0 Å². The number of carbonyl (C=O) groups is 1. The number of hydrogen-bond donors (Lipinski definition) is 1. The van der Waals surface area contributed by atoms with Crippen LogP contribution < -0.4 is 10.1 Å². The summed E-state index contributed by atoms with van der Waals surface area (Å²) in [5.41, 5.74) is -0.367. The Kier molecular flexibility index (Phi) is 5.88. The van der Waals surface area contributed by atoms with Crippen LogP contribution in [-0.2, 0) is 15.1 Å². The minimum atomic E-state index is -2.92. The molecular formula is C14H19F2NO3. The Morgan fingerprint density at radius 3 is 2.60 bits per heavy atom. The van der Waals surface area contributed by atoms with Gasteiger partial charge in [-0.05, 0) is 27.0 Å². The smallest absolute Gasteiger partial charge is 0.387 e. The highest BCUT2D eigenvalue weighted by Crippen LogP contribution is 2.33. The van der Waals surface area contributed by atoms with Crippen LogP contribution in [0.4, 0.5) is 8.78 Å². The van der Waals surface area contributed by atoms with Crippen LogP contribution in [0, 0.1) is 0 Å². The second-order valence-electron chi connectivity index (χ2n) is 4.44. The minimum Gasteiger partial charge on any atom is -0.466 e. The van der Waals surface area contributed by atoms with E-state index in [1.165, 1.54) is 6.07 Å². The third kappa shape index (κ3) is 4.16. The van der Waals surface area contributed by atoms with Crippen molar-refractivity contribution < 1.29 is 23.0 Å². The van der Waals surface area contributed by atoms with Crippen LogP contribution in [0.2, 0.25) is 0 Å². The van der Waals surface area contributed by atoms with E-state index in [9.17, 15) is 13.6 Å². The number of esters is 1. The Hall–Kier alpha value is -1.69. The fraction of sp³-hybridized carbons (Fsp3) is 0.500. The van der Waals surface area contributed by atoms with E-state index in [1.54, 1.807) is 39.1 Å². The lowest BCUT2D eigenvalue weighted by molar-refractivity contribution is -0.144. The maximum atomic E-state index is 12.4. The summed E-state index contributed by atoms with van der Waals surface area (Å²) in [7, 11) is 1.65. The summed E-state index contributed by atoms with van der Waals surface area (Å²) in [6.45, 7) is 0.799. The third-order valence-electron chi connectivity index (χ3n) is 3.05. The molecule has 0 saturated carbocycles. The van der Waals surface area contributed by atoms with Gasteiger partial charge in [0.2, 0.25) is 0 Å². The molecule has 6 heteroatoms. The zero-order valence-electron chi connectivity index (χ0n) is 11.8. The van der Waals surface area contributed by atoms with Gasteiger partial charge in [0, 0.05) is 5.56 Å². The van der Waals surface area contributed by atoms with Crippen LogP contribution in [0.3, 0.4) is 0 Å². The number of para-hydroxylation sites is 1. The molecule has 0 aromatic heterocycles. The van der Waals surface area contributed by atoms with E-state index in [-0.39, 0.29) is 18.8 Å². The minimum absolute atomic E-state index is 0.0148. The van der Waals surface area contributed by atoms with Crippen LogP contribution >= 0.6 is 0 Å². The molecule has 1 atom stereocenters. The first-order valence-electron chi connectivity index (χ1n) is 6.31. The van der Waals surface area contributed by atoms with Crippen molar-refractivity contribution in [2.24, 2.45) is 0 Å². The molecule has 0 aliphatic carbocycles. The average molecular weight is 287 g/mol. The highest BCUT2D eigenvalue weighted by atomic mass is 19.3. The van der Waals surface area contributed by atoms with Crippen molar-refractivity contribution in [1.29, 1.82) is 0 Å². The van der Waals surface area contributed by atoms with Gasteiger partial charge >= 0.3 is 12.6 Å². The van der Waals surface area contributed by atoms with E-state index in [4.69, 9.17) is 4.74 Å². The number of nitrogens with one attached hydrogen (secondary N) is 1. The van der Waals surface area contributed by atoms with Gasteiger partial charge in [0.15, 0.2) is 0 Å². The van der Waals surface area contributed by atoms with Crippen molar-refractivity contribution in [3.05, 3.63) is 29.8 Å². The van der Waals surface area contributed by atoms with Crippen LogP contribution in [0.25, 0.3) is 0 Å². The summed E-state index contributed by atoms with van der Waals surface area (Å²) in [6, 6.07) is 6.39. The predicted octanol–water partition coefficient (Wildman–Crippen LogP) is 2.68. The Morgan fingerprint density at radius 2 is 2.05 bits per heavy atom. The van der Waals surface area contributed by atoms with E-state index >= 15 is 0 Å². The lowest BCUT2D eigenvalue weighted by Crippen LogP contribution is -2.39. The quantitative estimate of drug-likeness (QED) is 0.783. The Morgan fingerprint density at radius 1 is 1.40 bits per heavy atom. The molecular weight excluding hydrogens is 268 g/mol. The molecule has 112 valence electrons. The molecule has 0 radical (unpaired) electrons. The summed E-state index contributed by atoms with van der Waals surface area (Å²) < 4.78 is 34.3. The summed E-state index contributed by atoms with van der Waals surface area (Å²) in [5, 5.41) is 2.97. The van der Waals surface area contributed by atoms with Crippen molar-refractivity contribution in [3.8, 4) is 5.75 Å². The van der Waals surface area contributed by atoms with Gasteiger partial charge in [-0.2, -0.15) is 8.78 Å². The van der Waals surface area contributed by atoms with Crippen LogP contribution in [0.5, 0.6) is 5.75 Å². The molecule has 0 amide bonds. The normalized spacial score (nSPS) is 13.9. The highest BCUT2D eigenvalue weighted by molar-refractivity contribution is 5.71. The molecule has 4 nitrogen and oxygen atoms in total. The van der Waals surface area contributed by atoms with Crippen LogP contribution in [0.1, 0.15) is 25.8 Å². The molecule has 0 spiro atoms. The molecule has 1 N–H and O–H groups in total. The number of ether oxygens (including phenoxy) is 2. The zero-order valence-corrected chi connectivity index (χ0v) is 11.8. The van der Waals surface area contributed by atoms with Gasteiger partial charge in [-0.3, -0.25) is 4.79 Å². The van der Waals surface area contributed by atoms with Crippen molar-refractivity contribution in [3.63, 3.8) is 0 Å². The number of benzene rings is 1. The molecule has 1 unspecified atom stereocenters. The van der Waals surface area contributed by atoms with Gasteiger partial charge in [0.05, 0.1) is 18.6 Å². The molecule has 0 saturated heterocycles. The number of hydrogen-bond acceptors (Lipinski definition) is 4. The third-order valence-corrected chi connectivity index (χ3v) is 3.05. The number of halogens is 2. The Balaban J connectivity index is 3.07. The molecule has 0 bridgehead atoms. The van der Waals surface area contributed by atoms with E-state index in [2.05, 4.69) is 10.1 Å². The van der Waals surface area contributed by atoms with Gasteiger partial charge in [-0.1, -0.05) is 18.2 Å². The van der Waals surface area contributed by atoms with Gasteiger partial charge in [-0.25, -0.2) is 0 Å². The first-order valence-corrected chi connectivity index (χ1v) is 6.31. The lowest BCUT2D eigenvalue weighted by atomic mass is 9.88. The molecule has 20 heavy (non-hydrogen) atoms. The second-order valence-corrected chi connectivity index (χ2v) is 4.44. The van der Waals surface area contributed by atoms with Crippen molar-refractivity contribution in [1.82, 2.24) is 5.32 Å². The van der Waals surface area contributed by atoms with E-state index in [0.29, 0.717) is 5.56 Å². The molecule has 1 aromatic carbocycles. The van der Waals surface area contributed by atoms with Gasteiger partial charge in [0.1, 0.15) is 5.75 Å². The first kappa shape index (κ1) is 16.4. The maximum absolute atomic E-state index is 12.4. The monoisotopic (exact) mass is 287 g/mol. The SMILES string of the molecule is CCOC(=O)CC(C)(NC)c1ccccc1OC(F)F. The van der Waals surface area contributed by atoms with E-state index in [1.807, 2.05) is 0 Å². The Labute approximate surface area is 117 Å². The average Bonchev–Trinajstić information content (AvgIpc) is 2.38. The summed E-state index contributed by atoms with van der Waals surface area (Å²) in [5.74, 6) is -0.361. The standard InChI is InChI=1S/C14H19F2NO3/c1-4-19-12(18)9-14(2,17-3)10-7-5-6-8-11(10)20-13(15)16/h5-8,13,17H,4,9H2,1-3H3. The predicted molar refractivity (Wildman–Crippen MR) is 70.7 cm³/mol. The molecule has 0 aliphatic heterocycles. The van der Waals surface area contributed by atoms with Gasteiger partial charge < -0.3 is 14.8 Å². The topological polar surface area (TPSA) is 47.6 Å². The lowest BCUT2D eigenvalue weighted by Gasteiger charge is -2.30. The number of carbonyl (C=O) groups excluding carboxylic acids is 1. The zero-order chi connectivity index (χ0) is 15.2. The fourth-order valence-electron chi connectivity index (χ4n) is 1.94. The molecule has 1 rings (SSSR count). The van der Waals surface area contributed by atoms with E-state index in [0.717, 1.165) is 0 Å². The Bertz CT molecular complexity index is 454. The first-order chi connectivity index (χ1) is 9.42. The van der Waals surface area contributed by atoms with Crippen molar-refractivity contribution in [2.45, 2.75) is 32.4 Å². The second kappa shape index (κ2) is 7.19. The fourth-order valence-corrected chi connectivity index (χ4v) is 1.94. The van der Waals surface area contributed by atoms with Crippen molar-refractivity contribution in [2.75, 3.05) is 13.7 Å². The molecule has 0 aliphatic rings.